The molecule has 0 radical (unpaired) electrons. The first kappa shape index (κ1) is 18.9. The minimum atomic E-state index is -0.898. The van der Waals surface area contributed by atoms with Crippen LogP contribution >= 0.6 is 0 Å². The molecule has 0 bridgehead atoms. The van der Waals surface area contributed by atoms with E-state index in [0.29, 0.717) is 5.56 Å². The van der Waals surface area contributed by atoms with Gasteiger partial charge in [-0.05, 0) is 42.5 Å². The smallest absolute Gasteiger partial charge is 0.261 e. The van der Waals surface area contributed by atoms with E-state index in [1.807, 2.05) is 102 Å². The zero-order valence-electron chi connectivity index (χ0n) is 17.2. The number of benzene rings is 4. The zero-order chi connectivity index (χ0) is 21.3. The van der Waals surface area contributed by atoms with Crippen molar-refractivity contribution < 1.29 is 9.53 Å². The number of ether oxygens (including phenoxy) is 1. The van der Waals surface area contributed by atoms with Gasteiger partial charge in [0.25, 0.3) is 5.91 Å². The standard InChI is InChI=1S/C27H22N2O2/c1-31-23-18-16-21(17-19-23)28-27(20-10-4-2-5-11-20)25-15-9-8-14-24(25)26(30)29(27)22-12-6-3-7-13-22/h2-19,28H,1H3. The summed E-state index contributed by atoms with van der Waals surface area (Å²) in [6.45, 7) is 0. The lowest BCUT2D eigenvalue weighted by Gasteiger charge is -2.41. The van der Waals surface area contributed by atoms with Crippen LogP contribution in [0, 0.1) is 0 Å². The maximum absolute atomic E-state index is 13.7. The van der Waals surface area contributed by atoms with Crippen LogP contribution in [0.15, 0.2) is 109 Å². The first-order valence-corrected chi connectivity index (χ1v) is 10.2. The van der Waals surface area contributed by atoms with Gasteiger partial charge in [-0.15, -0.1) is 0 Å². The number of nitrogens with zero attached hydrogens (tertiary/aromatic N) is 1. The number of anilines is 2. The Bertz CT molecular complexity index is 1210. The lowest BCUT2D eigenvalue weighted by Crippen LogP contribution is -2.51. The third kappa shape index (κ3) is 3.04. The summed E-state index contributed by atoms with van der Waals surface area (Å²) in [7, 11) is 1.65. The summed E-state index contributed by atoms with van der Waals surface area (Å²) in [5.41, 5.74) is 3.41. The predicted molar refractivity (Wildman–Crippen MR) is 124 cm³/mol. The van der Waals surface area contributed by atoms with Crippen molar-refractivity contribution in [2.24, 2.45) is 0 Å². The van der Waals surface area contributed by atoms with Crippen LogP contribution < -0.4 is 15.0 Å². The van der Waals surface area contributed by atoms with E-state index in [4.69, 9.17) is 4.74 Å². The molecule has 4 nitrogen and oxygen atoms in total. The molecule has 1 unspecified atom stereocenters. The molecule has 0 spiro atoms. The molecule has 1 aliphatic rings. The third-order valence-electron chi connectivity index (χ3n) is 5.71. The molecule has 4 aromatic rings. The van der Waals surface area contributed by atoms with Gasteiger partial charge in [0, 0.05) is 28.1 Å². The maximum Gasteiger partial charge on any atom is 0.261 e. The van der Waals surface area contributed by atoms with Crippen LogP contribution in [-0.4, -0.2) is 13.0 Å². The largest absolute Gasteiger partial charge is 0.497 e. The molecule has 0 aromatic heterocycles. The fourth-order valence-corrected chi connectivity index (χ4v) is 4.31. The van der Waals surface area contributed by atoms with E-state index in [1.54, 1.807) is 7.11 Å². The Kier molecular flexibility index (Phi) is 4.68. The normalized spacial score (nSPS) is 17.3. The van der Waals surface area contributed by atoms with Gasteiger partial charge in [-0.2, -0.15) is 0 Å². The van der Waals surface area contributed by atoms with Crippen LogP contribution in [-0.2, 0) is 5.66 Å². The van der Waals surface area contributed by atoms with E-state index < -0.39 is 5.66 Å². The highest BCUT2D eigenvalue weighted by molar-refractivity contribution is 6.13. The summed E-state index contributed by atoms with van der Waals surface area (Å²) < 4.78 is 5.32. The van der Waals surface area contributed by atoms with Gasteiger partial charge in [0.1, 0.15) is 5.75 Å². The van der Waals surface area contributed by atoms with Crippen molar-refractivity contribution in [1.82, 2.24) is 0 Å². The molecule has 4 heteroatoms. The molecule has 5 rings (SSSR count). The summed E-state index contributed by atoms with van der Waals surface area (Å²) in [5.74, 6) is 0.744. The molecule has 1 heterocycles. The topological polar surface area (TPSA) is 41.6 Å². The minimum Gasteiger partial charge on any atom is -0.497 e. The fraction of sp³-hybridized carbons (Fsp3) is 0.0741. The van der Waals surface area contributed by atoms with Crippen molar-refractivity contribution in [3.63, 3.8) is 0 Å². The number of hydrogen-bond donors (Lipinski definition) is 1. The van der Waals surface area contributed by atoms with Gasteiger partial charge >= 0.3 is 0 Å². The summed E-state index contributed by atoms with van der Waals surface area (Å²) in [6, 6.07) is 35.5. The summed E-state index contributed by atoms with van der Waals surface area (Å²) in [5, 5.41) is 3.71. The average Bonchev–Trinajstić information content (AvgIpc) is 3.09. The van der Waals surface area contributed by atoms with Crippen molar-refractivity contribution in [3.05, 3.63) is 126 Å². The quantitative estimate of drug-likeness (QED) is 0.464. The molecule has 0 saturated heterocycles. The van der Waals surface area contributed by atoms with Gasteiger partial charge < -0.3 is 10.1 Å². The Labute approximate surface area is 181 Å². The number of methoxy groups -OCH3 is 1. The molecule has 152 valence electrons. The van der Waals surface area contributed by atoms with Crippen molar-refractivity contribution >= 4 is 17.3 Å². The van der Waals surface area contributed by atoms with Crippen LogP contribution in [0.4, 0.5) is 11.4 Å². The molecule has 4 aromatic carbocycles. The minimum absolute atomic E-state index is 0.0355. The second kappa shape index (κ2) is 7.65. The highest BCUT2D eigenvalue weighted by atomic mass is 16.5. The average molecular weight is 406 g/mol. The van der Waals surface area contributed by atoms with Crippen molar-refractivity contribution in [2.75, 3.05) is 17.3 Å². The van der Waals surface area contributed by atoms with Crippen LogP contribution in [0.25, 0.3) is 0 Å². The first-order valence-electron chi connectivity index (χ1n) is 10.2. The second-order valence-electron chi connectivity index (χ2n) is 7.45. The number of hydrogen-bond acceptors (Lipinski definition) is 3. The predicted octanol–water partition coefficient (Wildman–Crippen LogP) is 5.67. The number of para-hydroxylation sites is 1. The maximum atomic E-state index is 13.7. The number of carbonyl (C=O) groups is 1. The number of nitrogens with one attached hydrogen (secondary N) is 1. The summed E-state index contributed by atoms with van der Waals surface area (Å²) >= 11 is 0. The van der Waals surface area contributed by atoms with E-state index in [0.717, 1.165) is 28.3 Å². The molecule has 0 fully saturated rings. The van der Waals surface area contributed by atoms with Gasteiger partial charge in [0.15, 0.2) is 5.66 Å². The lowest BCUT2D eigenvalue weighted by molar-refractivity contribution is 0.0985. The van der Waals surface area contributed by atoms with Crippen LogP contribution in [0.5, 0.6) is 5.75 Å². The lowest BCUT2D eigenvalue weighted by atomic mass is 9.89. The molecule has 1 atom stereocenters. The Morgan fingerprint density at radius 3 is 2.03 bits per heavy atom. The number of fused-ring (bicyclic) bond motifs is 1. The summed E-state index contributed by atoms with van der Waals surface area (Å²) in [6.07, 6.45) is 0. The molecule has 31 heavy (non-hydrogen) atoms. The number of rotatable bonds is 5. The first-order chi connectivity index (χ1) is 15.2. The van der Waals surface area contributed by atoms with Gasteiger partial charge in [-0.3, -0.25) is 9.69 Å². The Morgan fingerprint density at radius 2 is 1.35 bits per heavy atom. The van der Waals surface area contributed by atoms with Gasteiger partial charge in [0.2, 0.25) is 0 Å². The zero-order valence-corrected chi connectivity index (χ0v) is 17.2. The van der Waals surface area contributed by atoms with E-state index in [-0.39, 0.29) is 5.91 Å². The van der Waals surface area contributed by atoms with Gasteiger partial charge in [-0.1, -0.05) is 66.7 Å². The number of amides is 1. The SMILES string of the molecule is COc1ccc(NC2(c3ccccc3)c3ccccc3C(=O)N2c2ccccc2)cc1. The molecular weight excluding hydrogens is 384 g/mol. The third-order valence-corrected chi connectivity index (χ3v) is 5.71. The monoisotopic (exact) mass is 406 g/mol. The Morgan fingerprint density at radius 1 is 0.742 bits per heavy atom. The Hall–Kier alpha value is -4.05. The van der Waals surface area contributed by atoms with Gasteiger partial charge in [0.05, 0.1) is 7.11 Å². The van der Waals surface area contributed by atoms with Gasteiger partial charge in [-0.25, -0.2) is 0 Å². The van der Waals surface area contributed by atoms with Crippen molar-refractivity contribution in [2.45, 2.75) is 5.66 Å². The highest BCUT2D eigenvalue weighted by Crippen LogP contribution is 2.47. The van der Waals surface area contributed by atoms with Crippen molar-refractivity contribution in [3.8, 4) is 5.75 Å². The summed E-state index contributed by atoms with van der Waals surface area (Å²) in [4.78, 5) is 15.6. The molecule has 0 aliphatic carbocycles. The molecule has 1 amide bonds. The van der Waals surface area contributed by atoms with E-state index in [1.165, 1.54) is 0 Å². The molecule has 0 saturated carbocycles. The fourth-order valence-electron chi connectivity index (χ4n) is 4.31. The highest BCUT2D eigenvalue weighted by Gasteiger charge is 2.51. The van der Waals surface area contributed by atoms with Crippen molar-refractivity contribution in [1.29, 1.82) is 0 Å². The van der Waals surface area contributed by atoms with Crippen LogP contribution in [0.3, 0.4) is 0 Å². The van der Waals surface area contributed by atoms with E-state index in [2.05, 4.69) is 17.4 Å². The molecular formula is C27H22N2O2. The van der Waals surface area contributed by atoms with Crippen LogP contribution in [0.2, 0.25) is 0 Å². The second-order valence-corrected chi connectivity index (χ2v) is 7.45. The molecule has 1 N–H and O–H groups in total. The van der Waals surface area contributed by atoms with Crippen LogP contribution in [0.1, 0.15) is 21.5 Å². The molecule has 1 aliphatic heterocycles. The Balaban J connectivity index is 1.78. The van der Waals surface area contributed by atoms with E-state index >= 15 is 0 Å². The van der Waals surface area contributed by atoms with E-state index in [9.17, 15) is 4.79 Å². The number of carbonyl (C=O) groups excluding carboxylic acids is 1.